The average molecular weight is 222 g/mol. The number of hydrogen-bond acceptors (Lipinski definition) is 2. The zero-order chi connectivity index (χ0) is 12.0. The molecule has 0 saturated heterocycles. The molecule has 0 saturated carbocycles. The molecule has 0 bridgehead atoms. The molecule has 0 aromatic carbocycles. The molecule has 0 aliphatic heterocycles. The maximum atomic E-state index is 11.0. The van der Waals surface area contributed by atoms with Crippen LogP contribution in [0, 0.1) is 5.92 Å². The largest absolute Gasteiger partial charge is 0.481 e. The monoisotopic (exact) mass is 222 g/mol. The third-order valence-corrected chi connectivity index (χ3v) is 2.72. The molecule has 1 aliphatic rings. The summed E-state index contributed by atoms with van der Waals surface area (Å²) in [4.78, 5) is 11.0. The molecule has 3 heteroatoms. The molecule has 16 heavy (non-hydrogen) atoms. The highest BCUT2D eigenvalue weighted by Gasteiger charge is 2.38. The van der Waals surface area contributed by atoms with Gasteiger partial charge in [0.2, 0.25) is 0 Å². The normalized spacial score (nSPS) is 28.8. The molecule has 0 aromatic rings. The summed E-state index contributed by atoms with van der Waals surface area (Å²) in [5.74, 6) is -1.82. The number of allylic oxidation sites excluding steroid dienone is 4. The van der Waals surface area contributed by atoms with Crippen LogP contribution in [0.15, 0.2) is 36.5 Å². The summed E-state index contributed by atoms with van der Waals surface area (Å²) < 4.78 is 0. The summed E-state index contributed by atoms with van der Waals surface area (Å²) in [6.45, 7) is 2.04. The first-order chi connectivity index (χ1) is 7.60. The van der Waals surface area contributed by atoms with Gasteiger partial charge in [0.1, 0.15) is 11.5 Å². The van der Waals surface area contributed by atoms with E-state index in [4.69, 9.17) is 5.11 Å². The van der Waals surface area contributed by atoms with E-state index in [2.05, 4.69) is 0 Å². The molecule has 0 radical (unpaired) electrons. The van der Waals surface area contributed by atoms with Crippen molar-refractivity contribution in [3.63, 3.8) is 0 Å². The molecule has 1 aliphatic carbocycles. The minimum absolute atomic E-state index is 0.432. The highest BCUT2D eigenvalue weighted by atomic mass is 16.4. The van der Waals surface area contributed by atoms with Crippen LogP contribution >= 0.6 is 0 Å². The zero-order valence-electron chi connectivity index (χ0n) is 9.47. The first kappa shape index (κ1) is 12.7. The number of carbonyl (C=O) groups is 1. The lowest BCUT2D eigenvalue weighted by Crippen LogP contribution is -2.40. The van der Waals surface area contributed by atoms with Gasteiger partial charge in [0.15, 0.2) is 0 Å². The molecule has 0 heterocycles. The predicted octanol–water partition coefficient (Wildman–Crippen LogP) is 2.29. The second-order valence-electron chi connectivity index (χ2n) is 3.97. The number of rotatable bonds is 5. The quantitative estimate of drug-likeness (QED) is 0.702. The fourth-order valence-corrected chi connectivity index (χ4v) is 1.80. The smallest absolute Gasteiger partial charge is 0.313 e. The van der Waals surface area contributed by atoms with E-state index in [9.17, 15) is 9.90 Å². The molecule has 0 spiro atoms. The Balaban J connectivity index is 2.65. The molecular weight excluding hydrogens is 204 g/mol. The van der Waals surface area contributed by atoms with Crippen LogP contribution in [0.2, 0.25) is 0 Å². The second-order valence-corrected chi connectivity index (χ2v) is 3.97. The Morgan fingerprint density at radius 3 is 2.81 bits per heavy atom. The first-order valence-electron chi connectivity index (χ1n) is 5.56. The molecule has 0 amide bonds. The Labute approximate surface area is 95.8 Å². The number of aliphatic hydroxyl groups is 1. The maximum Gasteiger partial charge on any atom is 0.313 e. The van der Waals surface area contributed by atoms with Crippen molar-refractivity contribution in [2.45, 2.75) is 31.8 Å². The van der Waals surface area contributed by atoms with E-state index < -0.39 is 17.5 Å². The van der Waals surface area contributed by atoms with Gasteiger partial charge < -0.3 is 10.2 Å². The summed E-state index contributed by atoms with van der Waals surface area (Å²) in [5, 5.41) is 19.3. The fourth-order valence-electron chi connectivity index (χ4n) is 1.80. The van der Waals surface area contributed by atoms with Gasteiger partial charge in [-0.15, -0.1) is 0 Å². The Hall–Kier alpha value is -1.35. The number of carboxylic acids is 1. The molecule has 0 aromatic heterocycles. The summed E-state index contributed by atoms with van der Waals surface area (Å²) in [6.07, 6.45) is 12.5. The van der Waals surface area contributed by atoms with E-state index in [1.165, 1.54) is 6.08 Å². The van der Waals surface area contributed by atoms with Crippen LogP contribution in [-0.4, -0.2) is 21.8 Å². The molecule has 88 valence electrons. The van der Waals surface area contributed by atoms with E-state index in [1.807, 2.05) is 19.1 Å². The zero-order valence-corrected chi connectivity index (χ0v) is 9.47. The van der Waals surface area contributed by atoms with Gasteiger partial charge in [-0.25, -0.2) is 0 Å². The Morgan fingerprint density at radius 1 is 1.44 bits per heavy atom. The van der Waals surface area contributed by atoms with Crippen LogP contribution in [0.4, 0.5) is 0 Å². The van der Waals surface area contributed by atoms with Crippen molar-refractivity contribution in [2.24, 2.45) is 5.92 Å². The molecule has 0 fully saturated rings. The lowest BCUT2D eigenvalue weighted by atomic mass is 9.80. The minimum Gasteiger partial charge on any atom is -0.481 e. The molecule has 2 unspecified atom stereocenters. The Morgan fingerprint density at radius 2 is 2.19 bits per heavy atom. The number of hydrogen-bond donors (Lipinski definition) is 2. The van der Waals surface area contributed by atoms with Gasteiger partial charge in [-0.05, 0) is 19.3 Å². The lowest BCUT2D eigenvalue weighted by molar-refractivity contribution is -0.146. The van der Waals surface area contributed by atoms with Crippen molar-refractivity contribution in [2.75, 3.05) is 0 Å². The van der Waals surface area contributed by atoms with Gasteiger partial charge in [0.25, 0.3) is 0 Å². The van der Waals surface area contributed by atoms with Gasteiger partial charge >= 0.3 is 5.97 Å². The Bertz CT molecular complexity index is 328. The third kappa shape index (κ3) is 3.07. The topological polar surface area (TPSA) is 57.5 Å². The minimum atomic E-state index is -1.25. The van der Waals surface area contributed by atoms with Crippen molar-refractivity contribution in [3.8, 4) is 0 Å². The first-order valence-corrected chi connectivity index (χ1v) is 5.56. The van der Waals surface area contributed by atoms with Crippen molar-refractivity contribution in [3.05, 3.63) is 36.5 Å². The summed E-state index contributed by atoms with van der Waals surface area (Å²) >= 11 is 0. The summed E-state index contributed by atoms with van der Waals surface area (Å²) in [6, 6.07) is 0. The van der Waals surface area contributed by atoms with E-state index in [1.54, 1.807) is 18.2 Å². The maximum absolute atomic E-state index is 11.0. The van der Waals surface area contributed by atoms with Gasteiger partial charge in [-0.1, -0.05) is 43.4 Å². The molecule has 2 N–H and O–H groups in total. The average Bonchev–Trinajstić information content (AvgIpc) is 2.25. The van der Waals surface area contributed by atoms with E-state index in [-0.39, 0.29) is 0 Å². The van der Waals surface area contributed by atoms with Crippen molar-refractivity contribution >= 4 is 5.97 Å². The van der Waals surface area contributed by atoms with Crippen LogP contribution in [0.5, 0.6) is 0 Å². The number of aliphatic carboxylic acids is 1. The number of carboxylic acid groups (broad SMARTS) is 1. The van der Waals surface area contributed by atoms with E-state index in [0.29, 0.717) is 12.8 Å². The lowest BCUT2D eigenvalue weighted by Gasteiger charge is -2.30. The van der Waals surface area contributed by atoms with Crippen molar-refractivity contribution in [1.82, 2.24) is 0 Å². The fraction of sp³-hybridized carbons (Fsp3) is 0.462. The third-order valence-electron chi connectivity index (χ3n) is 2.72. The second kappa shape index (κ2) is 5.66. The van der Waals surface area contributed by atoms with E-state index in [0.717, 1.165) is 6.42 Å². The van der Waals surface area contributed by atoms with Gasteiger partial charge in [-0.2, -0.15) is 0 Å². The van der Waals surface area contributed by atoms with Gasteiger partial charge in [-0.3, -0.25) is 4.79 Å². The molecule has 3 nitrogen and oxygen atoms in total. The van der Waals surface area contributed by atoms with Crippen LogP contribution < -0.4 is 0 Å². The van der Waals surface area contributed by atoms with Crippen molar-refractivity contribution in [1.29, 1.82) is 0 Å². The standard InChI is InChI=1S/C13H18O3/c1-2-3-4-6-9-13(16)10-7-5-8-11(13)12(14)15/h3-5,7-8,10-11,16H,2,6,9H2,1H3,(H,14,15)/b4-3-. The molecule has 2 atom stereocenters. The van der Waals surface area contributed by atoms with Crippen LogP contribution in [0.3, 0.4) is 0 Å². The molecular formula is C13H18O3. The summed E-state index contributed by atoms with van der Waals surface area (Å²) in [7, 11) is 0. The van der Waals surface area contributed by atoms with Crippen LogP contribution in [-0.2, 0) is 4.79 Å². The van der Waals surface area contributed by atoms with E-state index >= 15 is 0 Å². The van der Waals surface area contributed by atoms with Crippen molar-refractivity contribution < 1.29 is 15.0 Å². The Kier molecular flexibility index (Phi) is 4.50. The molecule has 1 rings (SSSR count). The predicted molar refractivity (Wildman–Crippen MR) is 63.0 cm³/mol. The van der Waals surface area contributed by atoms with Crippen LogP contribution in [0.25, 0.3) is 0 Å². The van der Waals surface area contributed by atoms with Gasteiger partial charge in [0, 0.05) is 0 Å². The highest BCUT2D eigenvalue weighted by molar-refractivity contribution is 5.75. The summed E-state index contributed by atoms with van der Waals surface area (Å²) in [5.41, 5.74) is -1.25. The SMILES string of the molecule is CC/C=C\CCC1(O)C=CC=CC1C(=O)O. The highest BCUT2D eigenvalue weighted by Crippen LogP contribution is 2.29. The van der Waals surface area contributed by atoms with Crippen LogP contribution in [0.1, 0.15) is 26.2 Å². The van der Waals surface area contributed by atoms with Gasteiger partial charge in [0.05, 0.1) is 0 Å².